The molecule has 0 aliphatic carbocycles. The van der Waals surface area contributed by atoms with E-state index < -0.39 is 0 Å². The lowest BCUT2D eigenvalue weighted by molar-refractivity contribution is -0.131. The second-order valence-corrected chi connectivity index (χ2v) is 8.41. The number of aromatic nitrogens is 1. The van der Waals surface area contributed by atoms with Crippen LogP contribution >= 0.6 is 0 Å². The molecule has 2 aromatic carbocycles. The van der Waals surface area contributed by atoms with E-state index in [4.69, 9.17) is 4.52 Å². The van der Waals surface area contributed by atoms with Crippen LogP contribution in [0.4, 0.5) is 0 Å². The van der Waals surface area contributed by atoms with Gasteiger partial charge in [-0.3, -0.25) is 9.59 Å². The van der Waals surface area contributed by atoms with Crippen molar-refractivity contribution in [2.45, 2.75) is 51.6 Å². The fourth-order valence-electron chi connectivity index (χ4n) is 4.34. The second kappa shape index (κ2) is 9.81. The maximum atomic E-state index is 13.4. The van der Waals surface area contributed by atoms with Crippen molar-refractivity contribution < 1.29 is 14.1 Å². The van der Waals surface area contributed by atoms with Gasteiger partial charge in [0.15, 0.2) is 0 Å². The van der Waals surface area contributed by atoms with Crippen LogP contribution < -0.4 is 5.32 Å². The Hall–Kier alpha value is -3.41. The molecule has 1 unspecified atom stereocenters. The number of benzene rings is 2. The molecule has 1 aliphatic rings. The number of rotatable bonds is 6. The molecule has 0 radical (unpaired) electrons. The Bertz CT molecular complexity index is 1000. The highest BCUT2D eigenvalue weighted by Crippen LogP contribution is 2.26. The van der Waals surface area contributed by atoms with E-state index in [9.17, 15) is 9.59 Å². The molecule has 2 heterocycles. The van der Waals surface area contributed by atoms with Crippen LogP contribution in [0, 0.1) is 13.8 Å². The fourth-order valence-corrected chi connectivity index (χ4v) is 4.34. The summed E-state index contributed by atoms with van der Waals surface area (Å²) in [6, 6.07) is 19.6. The zero-order chi connectivity index (χ0) is 22.5. The quantitative estimate of drug-likeness (QED) is 0.637. The highest BCUT2D eigenvalue weighted by Gasteiger charge is 2.28. The van der Waals surface area contributed by atoms with E-state index >= 15 is 0 Å². The maximum Gasteiger partial charge on any atom is 0.232 e. The lowest BCUT2D eigenvalue weighted by atomic mass is 9.90. The first kappa shape index (κ1) is 21.8. The first-order chi connectivity index (χ1) is 15.5. The standard InChI is InChI=1S/C26H29N3O3/c1-18-23(19(2)32-28-18)17-29-16-15-22(13-14-24(29)30)27-26(31)25(20-9-5-3-6-10-20)21-11-7-4-8-12-21/h3-12,22,25H,13-17H2,1-2H3,(H,27,31). The van der Waals surface area contributed by atoms with Crippen molar-refractivity contribution in [1.29, 1.82) is 0 Å². The van der Waals surface area contributed by atoms with Gasteiger partial charge >= 0.3 is 0 Å². The number of likely N-dealkylation sites (tertiary alicyclic amines) is 1. The van der Waals surface area contributed by atoms with Crippen LogP contribution in [-0.2, 0) is 16.1 Å². The van der Waals surface area contributed by atoms with Crippen LogP contribution in [0.15, 0.2) is 65.2 Å². The van der Waals surface area contributed by atoms with Gasteiger partial charge in [0.2, 0.25) is 11.8 Å². The Morgan fingerprint density at radius 2 is 1.69 bits per heavy atom. The minimum atomic E-state index is -0.380. The molecule has 1 fully saturated rings. The van der Waals surface area contributed by atoms with Crippen molar-refractivity contribution >= 4 is 11.8 Å². The minimum Gasteiger partial charge on any atom is -0.361 e. The molecular weight excluding hydrogens is 402 g/mol. The molecule has 32 heavy (non-hydrogen) atoms. The molecule has 0 saturated carbocycles. The number of nitrogens with zero attached hydrogens (tertiary/aromatic N) is 2. The van der Waals surface area contributed by atoms with Gasteiger partial charge in [0, 0.05) is 24.6 Å². The Labute approximate surface area is 188 Å². The van der Waals surface area contributed by atoms with Crippen LogP contribution in [0.2, 0.25) is 0 Å². The third kappa shape index (κ3) is 4.90. The van der Waals surface area contributed by atoms with E-state index in [0.29, 0.717) is 25.9 Å². The Kier molecular flexibility index (Phi) is 6.69. The monoisotopic (exact) mass is 431 g/mol. The number of aryl methyl sites for hydroxylation is 2. The van der Waals surface area contributed by atoms with E-state index in [1.807, 2.05) is 79.4 Å². The molecule has 3 aromatic rings. The molecule has 0 spiro atoms. The van der Waals surface area contributed by atoms with Gasteiger partial charge in [-0.25, -0.2) is 0 Å². The highest BCUT2D eigenvalue weighted by molar-refractivity contribution is 5.87. The molecule has 6 heteroatoms. The number of hydrogen-bond donors (Lipinski definition) is 1. The van der Waals surface area contributed by atoms with Gasteiger partial charge < -0.3 is 14.7 Å². The lowest BCUT2D eigenvalue weighted by Crippen LogP contribution is -2.39. The summed E-state index contributed by atoms with van der Waals surface area (Å²) in [7, 11) is 0. The van der Waals surface area contributed by atoms with Crippen molar-refractivity contribution in [3.05, 3.63) is 88.8 Å². The largest absolute Gasteiger partial charge is 0.361 e. The number of nitrogens with one attached hydrogen (secondary N) is 1. The number of carbonyl (C=O) groups excluding carboxylic acids is 2. The summed E-state index contributed by atoms with van der Waals surface area (Å²) in [5.74, 6) is 0.441. The molecule has 1 saturated heterocycles. The van der Waals surface area contributed by atoms with Crippen molar-refractivity contribution in [2.75, 3.05) is 6.54 Å². The van der Waals surface area contributed by atoms with Crippen LogP contribution in [0.25, 0.3) is 0 Å². The number of hydrogen-bond acceptors (Lipinski definition) is 4. The van der Waals surface area contributed by atoms with Gasteiger partial charge in [0.25, 0.3) is 0 Å². The van der Waals surface area contributed by atoms with Crippen molar-refractivity contribution in [3.63, 3.8) is 0 Å². The summed E-state index contributed by atoms with van der Waals surface area (Å²) >= 11 is 0. The van der Waals surface area contributed by atoms with E-state index in [0.717, 1.165) is 34.6 Å². The number of amides is 2. The van der Waals surface area contributed by atoms with Crippen molar-refractivity contribution in [3.8, 4) is 0 Å². The second-order valence-electron chi connectivity index (χ2n) is 8.41. The summed E-state index contributed by atoms with van der Waals surface area (Å²) < 4.78 is 5.24. The maximum absolute atomic E-state index is 13.4. The lowest BCUT2D eigenvalue weighted by Gasteiger charge is -2.23. The third-order valence-electron chi connectivity index (χ3n) is 6.21. The summed E-state index contributed by atoms with van der Waals surface area (Å²) in [6.45, 7) is 4.85. The summed E-state index contributed by atoms with van der Waals surface area (Å²) in [5.41, 5.74) is 3.70. The zero-order valence-electron chi connectivity index (χ0n) is 18.6. The number of carbonyl (C=O) groups is 2. The molecule has 2 amide bonds. The molecule has 6 nitrogen and oxygen atoms in total. The van der Waals surface area contributed by atoms with Gasteiger partial charge in [-0.2, -0.15) is 0 Å². The minimum absolute atomic E-state index is 0.0287. The van der Waals surface area contributed by atoms with E-state index in [1.165, 1.54) is 0 Å². The summed E-state index contributed by atoms with van der Waals surface area (Å²) in [5, 5.41) is 7.22. The summed E-state index contributed by atoms with van der Waals surface area (Å²) in [4.78, 5) is 28.0. The van der Waals surface area contributed by atoms with Gasteiger partial charge in [-0.15, -0.1) is 0 Å². The topological polar surface area (TPSA) is 75.4 Å². The molecule has 0 bridgehead atoms. The van der Waals surface area contributed by atoms with Gasteiger partial charge in [-0.1, -0.05) is 65.8 Å². The average Bonchev–Trinajstić information content (AvgIpc) is 3.02. The molecule has 4 rings (SSSR count). The third-order valence-corrected chi connectivity index (χ3v) is 6.21. The highest BCUT2D eigenvalue weighted by atomic mass is 16.5. The van der Waals surface area contributed by atoms with Gasteiger partial charge in [-0.05, 0) is 37.8 Å². The molecular formula is C26H29N3O3. The van der Waals surface area contributed by atoms with E-state index in [2.05, 4.69) is 10.5 Å². The molecule has 1 N–H and O–H groups in total. The molecule has 166 valence electrons. The van der Waals surface area contributed by atoms with Crippen molar-refractivity contribution in [2.24, 2.45) is 0 Å². The molecule has 1 aromatic heterocycles. The van der Waals surface area contributed by atoms with Gasteiger partial charge in [0.05, 0.1) is 18.2 Å². The SMILES string of the molecule is Cc1noc(C)c1CN1CCC(NC(=O)C(c2ccccc2)c2ccccc2)CCC1=O. The van der Waals surface area contributed by atoms with Crippen LogP contribution in [0.3, 0.4) is 0 Å². The summed E-state index contributed by atoms with van der Waals surface area (Å²) in [6.07, 6.45) is 1.77. The Morgan fingerprint density at radius 1 is 1.06 bits per heavy atom. The fraction of sp³-hybridized carbons (Fsp3) is 0.346. The normalized spacial score (nSPS) is 16.8. The Balaban J connectivity index is 1.46. The average molecular weight is 432 g/mol. The zero-order valence-corrected chi connectivity index (χ0v) is 18.6. The van der Waals surface area contributed by atoms with Crippen LogP contribution in [0.1, 0.15) is 53.3 Å². The first-order valence-electron chi connectivity index (χ1n) is 11.1. The van der Waals surface area contributed by atoms with Crippen molar-refractivity contribution in [1.82, 2.24) is 15.4 Å². The van der Waals surface area contributed by atoms with Crippen LogP contribution in [-0.4, -0.2) is 34.5 Å². The van der Waals surface area contributed by atoms with Gasteiger partial charge in [0.1, 0.15) is 5.76 Å². The predicted molar refractivity (Wildman–Crippen MR) is 122 cm³/mol. The van der Waals surface area contributed by atoms with E-state index in [-0.39, 0.29) is 23.8 Å². The molecule has 1 aliphatic heterocycles. The predicted octanol–water partition coefficient (Wildman–Crippen LogP) is 4.12. The first-order valence-corrected chi connectivity index (χ1v) is 11.1. The smallest absolute Gasteiger partial charge is 0.232 e. The Morgan fingerprint density at radius 3 is 2.25 bits per heavy atom. The molecule has 1 atom stereocenters. The van der Waals surface area contributed by atoms with Crippen LogP contribution in [0.5, 0.6) is 0 Å². The van der Waals surface area contributed by atoms with E-state index in [1.54, 1.807) is 0 Å².